The number of hydrogen-bond donors (Lipinski definition) is 2. The molecule has 3 aliphatic rings. The predicted octanol–water partition coefficient (Wildman–Crippen LogP) is 8.01. The molecule has 0 aliphatic heterocycles. The molecule has 4 nitrogen and oxygen atoms in total. The van der Waals surface area contributed by atoms with Crippen LogP contribution in [0.5, 0.6) is 5.75 Å². The van der Waals surface area contributed by atoms with Crippen LogP contribution in [0.4, 0.5) is 4.39 Å². The van der Waals surface area contributed by atoms with Crippen molar-refractivity contribution >= 4 is 17.3 Å². The zero-order valence-electron chi connectivity index (χ0n) is 20.8. The minimum absolute atomic E-state index is 0.142. The number of nitrogens with one attached hydrogen (secondary N) is 1. The van der Waals surface area contributed by atoms with Crippen molar-refractivity contribution in [1.29, 1.82) is 5.41 Å². The predicted molar refractivity (Wildman–Crippen MR) is 139 cm³/mol. The Balaban J connectivity index is 0.000000656. The fourth-order valence-electron chi connectivity index (χ4n) is 4.82. The summed E-state index contributed by atoms with van der Waals surface area (Å²) in [5.41, 5.74) is 2.78. The Morgan fingerprint density at radius 2 is 1.71 bits per heavy atom. The summed E-state index contributed by atoms with van der Waals surface area (Å²) in [6.45, 7) is 4.00. The number of carbonyl (C=O) groups is 1. The van der Waals surface area contributed by atoms with E-state index in [0.29, 0.717) is 16.9 Å². The van der Waals surface area contributed by atoms with Gasteiger partial charge < -0.3 is 9.84 Å². The Morgan fingerprint density at radius 3 is 2.26 bits per heavy atom. The summed E-state index contributed by atoms with van der Waals surface area (Å²) >= 11 is 0. The Morgan fingerprint density at radius 1 is 1.03 bits per heavy atom. The van der Waals surface area contributed by atoms with Gasteiger partial charge in [-0.25, -0.2) is 9.18 Å². The second-order valence-corrected chi connectivity index (χ2v) is 10.1. The fraction of sp³-hybridized carbons (Fsp3) is 0.467. The molecular weight excluding hydrogens is 441 g/mol. The average molecular weight is 478 g/mol. The number of hydrogen-bond acceptors (Lipinski definition) is 3. The number of rotatable bonds is 7. The van der Waals surface area contributed by atoms with E-state index in [9.17, 15) is 14.3 Å². The van der Waals surface area contributed by atoms with Crippen molar-refractivity contribution in [3.63, 3.8) is 0 Å². The number of benzene rings is 2. The molecule has 186 valence electrons. The van der Waals surface area contributed by atoms with E-state index in [1.807, 2.05) is 18.2 Å². The van der Waals surface area contributed by atoms with Gasteiger partial charge in [-0.2, -0.15) is 0 Å². The minimum atomic E-state index is -1.28. The standard InChI is InChI=1S/C26H28FNO3.C4H8/c1-2-19(25(28)26(29)30)17-13-14-23(31-18-9-3-4-10-18)21(15-17)20-11-6-12-22(27)24(20)16-7-5-8-16;1-4-2-3-4/h2,6,11-16,18,28H,3-5,7-10H2,1H3,(H,29,30);4H,2-3H2,1H3/b19-2-,28-25?;. The summed E-state index contributed by atoms with van der Waals surface area (Å²) in [4.78, 5) is 11.4. The van der Waals surface area contributed by atoms with Gasteiger partial charge in [-0.05, 0) is 92.2 Å². The molecule has 3 fully saturated rings. The highest BCUT2D eigenvalue weighted by molar-refractivity contribution is 6.52. The van der Waals surface area contributed by atoms with Gasteiger partial charge in [0.25, 0.3) is 0 Å². The van der Waals surface area contributed by atoms with Crippen molar-refractivity contribution < 1.29 is 19.0 Å². The third kappa shape index (κ3) is 6.01. The molecule has 3 saturated carbocycles. The molecule has 2 aromatic carbocycles. The molecule has 5 heteroatoms. The van der Waals surface area contributed by atoms with Crippen LogP contribution in [0.2, 0.25) is 0 Å². The molecule has 0 bridgehead atoms. The molecule has 35 heavy (non-hydrogen) atoms. The van der Waals surface area contributed by atoms with Gasteiger partial charge in [0.2, 0.25) is 0 Å². The Labute approximate surface area is 207 Å². The van der Waals surface area contributed by atoms with E-state index in [1.54, 1.807) is 25.1 Å². The number of allylic oxidation sites excluding steroid dienone is 1. The van der Waals surface area contributed by atoms with E-state index in [1.165, 1.54) is 18.9 Å². The molecule has 0 aromatic heterocycles. The van der Waals surface area contributed by atoms with E-state index in [2.05, 4.69) is 6.92 Å². The maximum atomic E-state index is 14.9. The van der Waals surface area contributed by atoms with Gasteiger partial charge in [0.15, 0.2) is 0 Å². The zero-order chi connectivity index (χ0) is 24.9. The summed E-state index contributed by atoms with van der Waals surface area (Å²) in [5, 5.41) is 17.3. The summed E-state index contributed by atoms with van der Waals surface area (Å²) in [5.74, 6) is 0.489. The van der Waals surface area contributed by atoms with Gasteiger partial charge >= 0.3 is 5.97 Å². The smallest absolute Gasteiger partial charge is 0.354 e. The third-order valence-electron chi connectivity index (χ3n) is 7.38. The first-order valence-corrected chi connectivity index (χ1v) is 13.0. The molecule has 0 radical (unpaired) electrons. The van der Waals surface area contributed by atoms with Crippen molar-refractivity contribution in [3.05, 3.63) is 59.4 Å². The summed E-state index contributed by atoms with van der Waals surface area (Å²) in [6, 6.07) is 10.6. The SMILES string of the molecule is C/C=C(\C(=N)C(=O)O)c1ccc(OC2CCCC2)c(-c2cccc(F)c2C2CCC2)c1.CC1CC1. The van der Waals surface area contributed by atoms with Crippen molar-refractivity contribution in [1.82, 2.24) is 0 Å². The lowest BCUT2D eigenvalue weighted by Gasteiger charge is -2.29. The minimum Gasteiger partial charge on any atom is -0.490 e. The van der Waals surface area contributed by atoms with Crippen LogP contribution < -0.4 is 4.74 Å². The maximum Gasteiger partial charge on any atom is 0.354 e. The average Bonchev–Trinajstić information content (AvgIpc) is 3.41. The van der Waals surface area contributed by atoms with Gasteiger partial charge in [-0.15, -0.1) is 0 Å². The van der Waals surface area contributed by atoms with Gasteiger partial charge in [-0.1, -0.05) is 50.5 Å². The molecule has 0 saturated heterocycles. The quantitative estimate of drug-likeness (QED) is 0.397. The number of halogens is 1. The van der Waals surface area contributed by atoms with Crippen LogP contribution in [0.15, 0.2) is 42.5 Å². The molecule has 0 amide bonds. The monoisotopic (exact) mass is 477 g/mol. The van der Waals surface area contributed by atoms with Gasteiger partial charge in [0, 0.05) is 11.1 Å². The van der Waals surface area contributed by atoms with Crippen molar-refractivity contribution in [2.75, 3.05) is 0 Å². The third-order valence-corrected chi connectivity index (χ3v) is 7.38. The lowest BCUT2D eigenvalue weighted by atomic mass is 9.76. The van der Waals surface area contributed by atoms with Gasteiger partial charge in [-0.3, -0.25) is 5.41 Å². The zero-order valence-corrected chi connectivity index (χ0v) is 20.8. The number of carboxylic acids is 1. The molecular formula is C30H36FNO3. The number of carboxylic acid groups (broad SMARTS) is 1. The molecule has 5 rings (SSSR count). The second kappa shape index (κ2) is 11.2. The highest BCUT2D eigenvalue weighted by Gasteiger charge is 2.28. The van der Waals surface area contributed by atoms with Gasteiger partial charge in [0.1, 0.15) is 17.3 Å². The van der Waals surface area contributed by atoms with Crippen molar-refractivity contribution in [2.45, 2.75) is 83.7 Å². The fourth-order valence-corrected chi connectivity index (χ4v) is 4.82. The summed E-state index contributed by atoms with van der Waals surface area (Å²) in [6.07, 6.45) is 12.1. The lowest BCUT2D eigenvalue weighted by molar-refractivity contribution is -0.129. The van der Waals surface area contributed by atoms with Crippen molar-refractivity contribution in [3.8, 4) is 16.9 Å². The molecule has 0 unspecified atom stereocenters. The first-order chi connectivity index (χ1) is 16.9. The second-order valence-electron chi connectivity index (χ2n) is 10.1. The first-order valence-electron chi connectivity index (χ1n) is 13.0. The Bertz CT molecular complexity index is 1110. The van der Waals surface area contributed by atoms with Crippen LogP contribution in [0.1, 0.15) is 88.7 Å². The Hall–Kier alpha value is -2.95. The molecule has 0 spiro atoms. The normalized spacial score (nSPS) is 18.4. The van der Waals surface area contributed by atoms with E-state index in [4.69, 9.17) is 10.1 Å². The Kier molecular flexibility index (Phi) is 8.04. The van der Waals surface area contributed by atoms with Crippen LogP contribution in [0.3, 0.4) is 0 Å². The molecule has 2 aromatic rings. The number of aliphatic carboxylic acids is 1. The number of ether oxygens (including phenoxy) is 1. The van der Waals surface area contributed by atoms with Crippen LogP contribution in [-0.2, 0) is 4.79 Å². The topological polar surface area (TPSA) is 70.4 Å². The van der Waals surface area contributed by atoms with E-state index >= 15 is 0 Å². The van der Waals surface area contributed by atoms with E-state index < -0.39 is 11.7 Å². The van der Waals surface area contributed by atoms with Crippen molar-refractivity contribution in [2.24, 2.45) is 5.92 Å². The van der Waals surface area contributed by atoms with Gasteiger partial charge in [0.05, 0.1) is 6.10 Å². The van der Waals surface area contributed by atoms with Crippen LogP contribution >= 0.6 is 0 Å². The van der Waals surface area contributed by atoms with E-state index in [0.717, 1.165) is 67.6 Å². The molecule has 2 N–H and O–H groups in total. The summed E-state index contributed by atoms with van der Waals surface area (Å²) < 4.78 is 21.3. The molecule has 0 heterocycles. The van der Waals surface area contributed by atoms with Crippen LogP contribution in [-0.4, -0.2) is 22.9 Å². The molecule has 3 aliphatic carbocycles. The highest BCUT2D eigenvalue weighted by atomic mass is 19.1. The molecule has 0 atom stereocenters. The maximum absolute atomic E-state index is 14.9. The van der Waals surface area contributed by atoms with E-state index in [-0.39, 0.29) is 17.8 Å². The van der Waals surface area contributed by atoms with Crippen LogP contribution in [0.25, 0.3) is 16.7 Å². The summed E-state index contributed by atoms with van der Waals surface area (Å²) in [7, 11) is 0. The largest absolute Gasteiger partial charge is 0.490 e. The van der Waals surface area contributed by atoms with Crippen LogP contribution in [0, 0.1) is 17.1 Å². The highest BCUT2D eigenvalue weighted by Crippen LogP contribution is 2.45. The lowest BCUT2D eigenvalue weighted by Crippen LogP contribution is -2.15. The first kappa shape index (κ1) is 25.2.